The third-order valence-electron chi connectivity index (χ3n) is 6.00. The molecule has 0 bridgehead atoms. The number of aromatic nitrogens is 1. The Labute approximate surface area is 217 Å². The first-order valence-corrected chi connectivity index (χ1v) is 14.0. The van der Waals surface area contributed by atoms with Crippen molar-refractivity contribution in [3.8, 4) is 5.75 Å². The first-order valence-electron chi connectivity index (χ1n) is 12.4. The van der Waals surface area contributed by atoms with Crippen LogP contribution in [0.1, 0.15) is 39.5 Å². The Morgan fingerprint density at radius 1 is 0.919 bits per heavy atom. The summed E-state index contributed by atoms with van der Waals surface area (Å²) in [5, 5.41) is 8.02. The molecule has 9 heteroatoms. The minimum atomic E-state index is -3.45. The zero-order valence-electron chi connectivity index (χ0n) is 21.3. The molecule has 1 amide bonds. The van der Waals surface area contributed by atoms with E-state index in [4.69, 9.17) is 9.72 Å². The number of carbonyl (C=O) groups excluding carboxylic acids is 1. The van der Waals surface area contributed by atoms with Gasteiger partial charge < -0.3 is 15.4 Å². The Balaban J connectivity index is 1.69. The second-order valence-corrected chi connectivity index (χ2v) is 10.8. The van der Waals surface area contributed by atoms with Crippen LogP contribution in [0.4, 0.5) is 22.7 Å². The van der Waals surface area contributed by atoms with E-state index in [9.17, 15) is 13.2 Å². The first kappa shape index (κ1) is 26.2. The average molecular weight is 521 g/mol. The predicted octanol–water partition coefficient (Wildman–Crippen LogP) is 6.42. The Morgan fingerprint density at radius 2 is 1.68 bits per heavy atom. The molecule has 8 nitrogen and oxygen atoms in total. The van der Waals surface area contributed by atoms with E-state index in [2.05, 4.69) is 22.3 Å². The van der Waals surface area contributed by atoms with Crippen molar-refractivity contribution < 1.29 is 17.9 Å². The smallest absolute Gasteiger partial charge is 0.232 e. The van der Waals surface area contributed by atoms with Crippen LogP contribution in [-0.4, -0.2) is 32.2 Å². The van der Waals surface area contributed by atoms with Crippen LogP contribution in [0.25, 0.3) is 21.8 Å². The summed E-state index contributed by atoms with van der Waals surface area (Å²) in [6.07, 6.45) is 3.59. The number of hydrogen-bond acceptors (Lipinski definition) is 6. The lowest BCUT2D eigenvalue weighted by atomic mass is 10.1. The summed E-state index contributed by atoms with van der Waals surface area (Å²) in [5.41, 5.74) is 4.15. The number of nitrogens with one attached hydrogen (secondary N) is 3. The normalized spacial score (nSPS) is 11.4. The van der Waals surface area contributed by atoms with E-state index in [0.29, 0.717) is 29.2 Å². The van der Waals surface area contributed by atoms with Gasteiger partial charge in [-0.2, -0.15) is 0 Å². The number of methoxy groups -OCH3 is 1. The highest BCUT2D eigenvalue weighted by atomic mass is 32.2. The fraction of sp³-hybridized carbons (Fsp3) is 0.286. The second-order valence-electron chi connectivity index (χ2n) is 8.94. The van der Waals surface area contributed by atoms with Gasteiger partial charge in [0.2, 0.25) is 15.9 Å². The summed E-state index contributed by atoms with van der Waals surface area (Å²) in [4.78, 5) is 16.4. The number of rotatable bonds is 11. The van der Waals surface area contributed by atoms with Crippen molar-refractivity contribution in [3.63, 3.8) is 0 Å². The largest absolute Gasteiger partial charge is 0.494 e. The molecule has 4 aromatic rings. The molecule has 0 atom stereocenters. The Kier molecular flexibility index (Phi) is 8.13. The van der Waals surface area contributed by atoms with Gasteiger partial charge in [0.15, 0.2) is 0 Å². The van der Waals surface area contributed by atoms with Gasteiger partial charge in [0.05, 0.1) is 41.0 Å². The van der Waals surface area contributed by atoms with E-state index < -0.39 is 10.0 Å². The molecule has 0 fully saturated rings. The number of fused-ring (bicyclic) bond motifs is 2. The molecule has 0 unspecified atom stereocenters. The van der Waals surface area contributed by atoms with Gasteiger partial charge in [-0.25, -0.2) is 13.4 Å². The van der Waals surface area contributed by atoms with Crippen LogP contribution >= 0.6 is 0 Å². The number of anilines is 4. The van der Waals surface area contributed by atoms with E-state index in [-0.39, 0.29) is 11.7 Å². The van der Waals surface area contributed by atoms with Crippen molar-refractivity contribution >= 4 is 60.5 Å². The van der Waals surface area contributed by atoms with Gasteiger partial charge in [-0.05, 0) is 42.8 Å². The number of para-hydroxylation sites is 1. The van der Waals surface area contributed by atoms with Gasteiger partial charge in [0, 0.05) is 29.4 Å². The molecule has 3 N–H and O–H groups in total. The Morgan fingerprint density at radius 3 is 2.43 bits per heavy atom. The van der Waals surface area contributed by atoms with Crippen LogP contribution in [0.5, 0.6) is 5.75 Å². The molecule has 0 spiro atoms. The fourth-order valence-corrected chi connectivity index (χ4v) is 5.42. The molecule has 0 aliphatic carbocycles. The van der Waals surface area contributed by atoms with Crippen molar-refractivity contribution in [2.75, 3.05) is 28.2 Å². The van der Waals surface area contributed by atoms with Crippen LogP contribution in [-0.2, 0) is 14.8 Å². The molecule has 3 aromatic carbocycles. The van der Waals surface area contributed by atoms with Crippen LogP contribution in [0.15, 0.2) is 60.7 Å². The highest BCUT2D eigenvalue weighted by Gasteiger charge is 2.15. The number of ether oxygens (including phenoxy) is 1. The molecule has 0 aliphatic rings. The summed E-state index contributed by atoms with van der Waals surface area (Å²) in [6.45, 7) is 3.56. The van der Waals surface area contributed by atoms with E-state index in [1.807, 2.05) is 42.5 Å². The lowest BCUT2D eigenvalue weighted by molar-refractivity contribution is -0.114. The van der Waals surface area contributed by atoms with Crippen molar-refractivity contribution in [2.45, 2.75) is 39.5 Å². The van der Waals surface area contributed by atoms with E-state index in [1.54, 1.807) is 25.3 Å². The Hall–Kier alpha value is -3.85. The van der Waals surface area contributed by atoms with Gasteiger partial charge >= 0.3 is 0 Å². The quantitative estimate of drug-likeness (QED) is 0.155. The summed E-state index contributed by atoms with van der Waals surface area (Å²) < 4.78 is 33.3. The van der Waals surface area contributed by atoms with Crippen LogP contribution in [0.2, 0.25) is 0 Å². The number of hydrogen-bond donors (Lipinski definition) is 3. The summed E-state index contributed by atoms with van der Waals surface area (Å²) in [6, 6.07) is 18.5. The molecular weight excluding hydrogens is 488 g/mol. The maximum Gasteiger partial charge on any atom is 0.232 e. The van der Waals surface area contributed by atoms with Crippen molar-refractivity contribution in [1.29, 1.82) is 0 Å². The zero-order chi connectivity index (χ0) is 26.4. The molecule has 0 saturated heterocycles. The molecule has 37 heavy (non-hydrogen) atoms. The number of benzene rings is 3. The molecule has 4 rings (SSSR count). The SMILES string of the molecule is CCCCCCS(=O)(=O)Nc1ccc(Nc2c3ccccc3nc3ccc(NC(C)=O)cc23)c(OC)c1. The van der Waals surface area contributed by atoms with Crippen LogP contribution in [0.3, 0.4) is 0 Å². The lowest BCUT2D eigenvalue weighted by Crippen LogP contribution is -2.16. The predicted molar refractivity (Wildman–Crippen MR) is 151 cm³/mol. The minimum absolute atomic E-state index is 0.0843. The Bertz CT molecular complexity index is 1540. The van der Waals surface area contributed by atoms with Crippen molar-refractivity contribution in [3.05, 3.63) is 60.7 Å². The monoisotopic (exact) mass is 520 g/mol. The van der Waals surface area contributed by atoms with Gasteiger partial charge in [0.25, 0.3) is 0 Å². The highest BCUT2D eigenvalue weighted by Crippen LogP contribution is 2.38. The number of pyridine rings is 1. The van der Waals surface area contributed by atoms with Crippen molar-refractivity contribution in [2.24, 2.45) is 0 Å². The van der Waals surface area contributed by atoms with Crippen molar-refractivity contribution in [1.82, 2.24) is 4.98 Å². The van der Waals surface area contributed by atoms with E-state index in [1.165, 1.54) is 6.92 Å². The van der Waals surface area contributed by atoms with E-state index >= 15 is 0 Å². The molecule has 1 aromatic heterocycles. The molecule has 0 aliphatic heterocycles. The van der Waals surface area contributed by atoms with E-state index in [0.717, 1.165) is 46.8 Å². The third kappa shape index (κ3) is 6.48. The van der Waals surface area contributed by atoms with Gasteiger partial charge in [-0.1, -0.05) is 44.4 Å². The third-order valence-corrected chi connectivity index (χ3v) is 7.37. The molecule has 0 radical (unpaired) electrons. The number of unbranched alkanes of at least 4 members (excludes halogenated alkanes) is 3. The number of amides is 1. The molecule has 0 saturated carbocycles. The maximum atomic E-state index is 12.5. The zero-order valence-corrected chi connectivity index (χ0v) is 22.1. The molecular formula is C28H32N4O4S. The number of sulfonamides is 1. The lowest BCUT2D eigenvalue weighted by Gasteiger charge is -2.17. The summed E-state index contributed by atoms with van der Waals surface area (Å²) >= 11 is 0. The summed E-state index contributed by atoms with van der Waals surface area (Å²) in [5.74, 6) is 0.409. The minimum Gasteiger partial charge on any atom is -0.494 e. The van der Waals surface area contributed by atoms with Gasteiger partial charge in [-0.3, -0.25) is 9.52 Å². The summed E-state index contributed by atoms with van der Waals surface area (Å²) in [7, 11) is -1.91. The average Bonchev–Trinajstić information content (AvgIpc) is 2.87. The highest BCUT2D eigenvalue weighted by molar-refractivity contribution is 7.92. The van der Waals surface area contributed by atoms with Crippen LogP contribution in [0, 0.1) is 0 Å². The topological polar surface area (TPSA) is 109 Å². The molecule has 194 valence electrons. The number of nitrogens with zero attached hydrogens (tertiary/aromatic N) is 1. The number of carbonyl (C=O) groups is 1. The second kappa shape index (κ2) is 11.5. The molecule has 1 heterocycles. The standard InChI is InChI=1S/C28H32N4O4S/c1-4-5-6-9-16-37(34,35)32-21-13-15-26(27(18-21)36-3)31-28-22-10-7-8-11-24(22)30-25-14-12-20(17-23(25)28)29-19(2)33/h7-8,10-15,17-18,32H,4-6,9,16H2,1-3H3,(H,29,33)(H,30,31). The van der Waals surface area contributed by atoms with Crippen LogP contribution < -0.4 is 20.1 Å². The van der Waals surface area contributed by atoms with Gasteiger partial charge in [-0.15, -0.1) is 0 Å². The fourth-order valence-electron chi connectivity index (χ4n) is 4.25. The maximum absolute atomic E-state index is 12.5. The van der Waals surface area contributed by atoms with Gasteiger partial charge in [0.1, 0.15) is 5.75 Å². The first-order chi connectivity index (χ1) is 17.8.